The Morgan fingerprint density at radius 3 is 1.04 bits per heavy atom. The number of nitrogens with two attached hydrogens (primary N) is 1. The first-order valence-corrected chi connectivity index (χ1v) is 39.4. The van der Waals surface area contributed by atoms with Crippen LogP contribution in [0.1, 0.15) is 139 Å². The summed E-state index contributed by atoms with van der Waals surface area (Å²) in [7, 11) is 2.73. The Morgan fingerprint density at radius 2 is 0.734 bits per heavy atom. The number of methoxy groups -OCH3 is 2. The van der Waals surface area contributed by atoms with E-state index in [0.717, 1.165) is 194 Å². The van der Waals surface area contributed by atoms with E-state index in [0.29, 0.717) is 64.5 Å². The average molecular weight is 1720 g/mol. The molecule has 9 N–H and O–H groups in total. The van der Waals surface area contributed by atoms with Crippen molar-refractivity contribution in [1.29, 1.82) is 10.5 Å². The van der Waals surface area contributed by atoms with Gasteiger partial charge < -0.3 is 71.3 Å². The second-order valence-corrected chi connectivity index (χ2v) is 28.4. The minimum Gasteiger partial charge on any atom is -0.870 e. The van der Waals surface area contributed by atoms with Crippen LogP contribution in [0.2, 0.25) is 0 Å². The van der Waals surface area contributed by atoms with Crippen LogP contribution < -0.4 is 61.9 Å². The number of carboxylic acids is 1. The molecule has 0 atom stereocenters. The number of nitriles is 2. The number of esters is 2. The van der Waals surface area contributed by atoms with Crippen molar-refractivity contribution in [2.24, 2.45) is 5.73 Å². The number of anilines is 8. The van der Waals surface area contributed by atoms with Gasteiger partial charge in [0.25, 0.3) is 5.91 Å². The van der Waals surface area contributed by atoms with Gasteiger partial charge in [-0.3, -0.25) is 23.5 Å². The standard InChI is InChI=1S/C22H23N7O2.2C21H23N5O3.C20H21N5O3.C2H4N2.ClH.Na.H2O/c1-15-12-25-22(27-18-13-26-29(14-18)19-6-10-31-11-7-19)28-20(15)16-2-4-17(5-3-16)21(30)24-9-8-23;1-14-11-22-20(15-3-5-16(6-4-15)21(27)28-2)25-19(14)24-17-12-23-26(13-17)18-7-9-29-10-8-18;1-14-11-22-21(24-17-12-23-26(13-17)18-7-9-29-10-8-18)25-19(14)15-3-5-16(6-4-15)20(27)28-2;1-13-10-21-20(24-18(13)14-2-4-15(5-3-14)19(26)27)23-16-11-22-25(12-16)17-6-8-28-9-7-17;3-1-2-4;;;/h2-5,12-14,19H,6-7,9-11H2,1H3,(H,24,30)(H,25,27,28);2*3-6,11-13,18H,7-10H2,1-2H3,(H,22,24,25);2-5,10-12,17H,6-9H2,1H3,(H,26,27)(H,21,23,24);1,3H2;1H;;1H2/q;;;;;;+1;/p-1. The topological polar surface area (TPSA) is 482 Å². The molecule has 4 aromatic carbocycles. The number of nitrogens with one attached hydrogen (secondary N) is 5. The molecule has 16 rings (SSSR count). The fourth-order valence-corrected chi connectivity index (χ4v) is 13.4. The van der Waals surface area contributed by atoms with E-state index < -0.39 is 5.97 Å². The molecule has 8 aromatic heterocycles. The van der Waals surface area contributed by atoms with Crippen LogP contribution in [0.5, 0.6) is 0 Å². The van der Waals surface area contributed by atoms with Crippen LogP contribution in [0.4, 0.5) is 46.4 Å². The number of carbonyl (C=O) groups excluding carboxylic acids is 3. The molecule has 4 aliphatic rings. The summed E-state index contributed by atoms with van der Waals surface area (Å²) in [4.78, 5) is 82.4. The van der Waals surface area contributed by atoms with Crippen LogP contribution in [-0.4, -0.2) is 194 Å². The van der Waals surface area contributed by atoms with Gasteiger partial charge in [-0.15, -0.1) is 12.4 Å². The smallest absolute Gasteiger partial charge is 0.870 e. The van der Waals surface area contributed by atoms with Crippen LogP contribution >= 0.6 is 12.4 Å². The third-order valence-electron chi connectivity index (χ3n) is 20.0. The average Bonchev–Trinajstić information content (AvgIpc) is 1.62. The molecular formula is C86H96ClN24NaO12. The normalized spacial score (nSPS) is 13.8. The van der Waals surface area contributed by atoms with E-state index >= 15 is 0 Å². The van der Waals surface area contributed by atoms with Gasteiger partial charge in [0.05, 0.1) is 138 Å². The van der Waals surface area contributed by atoms with Crippen molar-refractivity contribution in [3.05, 3.63) is 216 Å². The molecule has 36 nitrogen and oxygen atoms in total. The second kappa shape index (κ2) is 47.5. The Morgan fingerprint density at radius 1 is 0.435 bits per heavy atom. The Balaban J connectivity index is 0.000000183. The monoisotopic (exact) mass is 1710 g/mol. The van der Waals surface area contributed by atoms with Gasteiger partial charge in [-0.2, -0.15) is 30.9 Å². The molecule has 12 heterocycles. The van der Waals surface area contributed by atoms with Crippen LogP contribution in [0.15, 0.2) is 171 Å². The van der Waals surface area contributed by atoms with Gasteiger partial charge in [0, 0.05) is 136 Å². The summed E-state index contributed by atoms with van der Waals surface area (Å²) in [6.45, 7) is 14.0. The fraction of sp³-hybridized carbons (Fsp3) is 0.326. The molecule has 4 aliphatic heterocycles. The third-order valence-corrected chi connectivity index (χ3v) is 20.0. The predicted octanol–water partition coefficient (Wildman–Crippen LogP) is 10.2. The molecule has 12 aromatic rings. The van der Waals surface area contributed by atoms with Crippen molar-refractivity contribution >= 4 is 82.6 Å². The molecule has 4 saturated heterocycles. The second-order valence-electron chi connectivity index (χ2n) is 28.4. The summed E-state index contributed by atoms with van der Waals surface area (Å²) < 4.78 is 39.0. The first-order valence-electron chi connectivity index (χ1n) is 39.4. The van der Waals surface area contributed by atoms with Gasteiger partial charge in [-0.1, -0.05) is 48.5 Å². The Bertz CT molecular complexity index is 5550. The Kier molecular flexibility index (Phi) is 36.4. The van der Waals surface area contributed by atoms with Crippen LogP contribution in [0.3, 0.4) is 0 Å². The maximum absolute atomic E-state index is 12.0. The van der Waals surface area contributed by atoms with Crippen molar-refractivity contribution in [2.75, 3.05) is 101 Å². The molecule has 0 radical (unpaired) electrons. The minimum absolute atomic E-state index is 0. The van der Waals surface area contributed by atoms with Gasteiger partial charge >= 0.3 is 47.5 Å². The van der Waals surface area contributed by atoms with E-state index in [9.17, 15) is 19.2 Å². The number of hydrogen-bond donors (Lipinski definition) is 7. The number of ether oxygens (including phenoxy) is 6. The number of hydrogen-bond acceptors (Lipinski definition) is 30. The maximum atomic E-state index is 12.0. The molecule has 0 bridgehead atoms. The van der Waals surface area contributed by atoms with E-state index in [-0.39, 0.29) is 83.9 Å². The number of aromatic nitrogens is 16. The van der Waals surface area contributed by atoms with Gasteiger partial charge in [0.2, 0.25) is 17.8 Å². The number of carbonyl (C=O) groups is 4. The number of aromatic carboxylic acids is 1. The summed E-state index contributed by atoms with van der Waals surface area (Å²) in [5.74, 6) is 0.771. The largest absolute Gasteiger partial charge is 1.00 e. The zero-order chi connectivity index (χ0) is 85.0. The van der Waals surface area contributed by atoms with Crippen molar-refractivity contribution in [1.82, 2.24) is 84.3 Å². The molecule has 0 aliphatic carbocycles. The quantitative estimate of drug-likeness (QED) is 0.0200. The summed E-state index contributed by atoms with van der Waals surface area (Å²) in [5, 5.41) is 58.5. The van der Waals surface area contributed by atoms with Gasteiger partial charge in [0.15, 0.2) is 5.82 Å². The van der Waals surface area contributed by atoms with E-state index in [1.165, 1.54) is 14.2 Å². The SMILES string of the molecule is COC(=O)c1ccc(-c2nc(Nc3cnn(C4CCOCC4)c3)ncc2C)cc1.COC(=O)c1ccc(-c2ncc(C)c(Nc3cnn(C4CCOCC4)c3)n2)cc1.Cc1cnc(Nc2cnn(C3CCOCC3)c2)nc1-c1ccc(C(=O)NCC#N)cc1.Cc1cnc(Nc2cnn(C3CCOCC3)c2)nc1-c1ccc(C(=O)O)cc1.Cl.N#CCN.[Na+].[OH-]. The third kappa shape index (κ3) is 26.3. The van der Waals surface area contributed by atoms with Crippen LogP contribution in [0, 0.1) is 50.4 Å². The number of carboxylic acid groups (broad SMARTS) is 1. The van der Waals surface area contributed by atoms with Crippen molar-refractivity contribution in [3.8, 4) is 57.3 Å². The summed E-state index contributed by atoms with van der Waals surface area (Å²) in [5.41, 5.74) is 19.2. The van der Waals surface area contributed by atoms with E-state index in [1.54, 1.807) is 110 Å². The first kappa shape index (κ1) is 95.0. The molecule has 0 saturated carbocycles. The zero-order valence-electron chi connectivity index (χ0n) is 69.7. The first-order chi connectivity index (χ1) is 58.9. The Labute approximate surface area is 744 Å². The molecule has 0 unspecified atom stereocenters. The number of benzene rings is 4. The Hall–Kier alpha value is -12.9. The molecule has 640 valence electrons. The summed E-state index contributed by atoms with van der Waals surface area (Å²) in [6.07, 6.45) is 29.8. The van der Waals surface area contributed by atoms with Crippen molar-refractivity contribution < 1.29 is 87.7 Å². The zero-order valence-corrected chi connectivity index (χ0v) is 72.5. The van der Waals surface area contributed by atoms with Gasteiger partial charge in [0.1, 0.15) is 12.4 Å². The fourth-order valence-electron chi connectivity index (χ4n) is 13.4. The molecule has 4 fully saturated rings. The molecule has 1 amide bonds. The molecular weight excluding hydrogens is 1620 g/mol. The molecule has 124 heavy (non-hydrogen) atoms. The van der Waals surface area contributed by atoms with E-state index in [2.05, 4.69) is 92.6 Å². The summed E-state index contributed by atoms with van der Waals surface area (Å²) in [6, 6.07) is 33.0. The summed E-state index contributed by atoms with van der Waals surface area (Å²) >= 11 is 0. The minimum atomic E-state index is -0.949. The van der Waals surface area contributed by atoms with Gasteiger partial charge in [-0.25, -0.2) is 54.3 Å². The number of halogens is 1. The number of nitrogens with zero attached hydrogens (tertiary/aromatic N) is 18. The van der Waals surface area contributed by atoms with Gasteiger partial charge in [-0.05, 0) is 144 Å². The van der Waals surface area contributed by atoms with Crippen molar-refractivity contribution in [2.45, 2.75) is 103 Å². The molecule has 38 heteroatoms. The molecule has 0 spiro atoms. The van der Waals surface area contributed by atoms with E-state index in [1.807, 2.05) is 120 Å². The van der Waals surface area contributed by atoms with E-state index in [4.69, 9.17) is 44.1 Å². The maximum Gasteiger partial charge on any atom is 1.00 e. The van der Waals surface area contributed by atoms with Crippen LogP contribution in [0.25, 0.3) is 45.2 Å². The number of aryl methyl sites for hydroxylation is 4. The van der Waals surface area contributed by atoms with Crippen molar-refractivity contribution in [3.63, 3.8) is 0 Å². The number of amides is 1. The predicted molar refractivity (Wildman–Crippen MR) is 459 cm³/mol. The van der Waals surface area contributed by atoms with Crippen LogP contribution in [-0.2, 0) is 28.4 Å². The number of rotatable bonds is 21.